The number of aromatic nitrogens is 3. The Morgan fingerprint density at radius 2 is 1.23 bits per heavy atom. The lowest BCUT2D eigenvalue weighted by Crippen LogP contribution is -2.13. The fourth-order valence-electron chi connectivity index (χ4n) is 3.00. The van der Waals surface area contributed by atoms with Crippen LogP contribution in [-0.2, 0) is 13.0 Å². The van der Waals surface area contributed by atoms with Gasteiger partial charge in [0.25, 0.3) is 0 Å². The maximum absolute atomic E-state index is 9.42. The average Bonchev–Trinajstić information content (AvgIpc) is 2.80. The van der Waals surface area contributed by atoms with Crippen molar-refractivity contribution in [3.8, 4) is 5.75 Å². The first-order valence-electron chi connectivity index (χ1n) is 10.1. The van der Waals surface area contributed by atoms with Gasteiger partial charge in [-0.2, -0.15) is 15.0 Å². The van der Waals surface area contributed by atoms with Crippen molar-refractivity contribution in [1.29, 1.82) is 0 Å². The normalized spacial score (nSPS) is 10.5. The predicted octanol–water partition coefficient (Wildman–Crippen LogP) is 4.59. The first-order valence-corrected chi connectivity index (χ1v) is 10.1. The van der Waals surface area contributed by atoms with Crippen molar-refractivity contribution < 1.29 is 5.11 Å². The molecule has 7 nitrogen and oxygen atoms in total. The topological polar surface area (TPSA) is 95.0 Å². The highest BCUT2D eigenvalue weighted by Crippen LogP contribution is 2.16. The van der Waals surface area contributed by atoms with Gasteiger partial charge in [0.1, 0.15) is 5.75 Å². The van der Waals surface area contributed by atoms with Gasteiger partial charge in [0.2, 0.25) is 17.8 Å². The summed E-state index contributed by atoms with van der Waals surface area (Å²) in [5.74, 6) is 1.70. The van der Waals surface area contributed by atoms with E-state index in [-0.39, 0.29) is 5.75 Å². The summed E-state index contributed by atoms with van der Waals surface area (Å²) in [5, 5.41) is 19.2. The van der Waals surface area contributed by atoms with Gasteiger partial charge in [-0.25, -0.2) is 0 Å². The molecule has 0 radical (unpaired) electrons. The zero-order chi connectivity index (χ0) is 21.3. The smallest absolute Gasteiger partial charge is 0.233 e. The minimum Gasteiger partial charge on any atom is -0.508 e. The van der Waals surface area contributed by atoms with E-state index in [1.807, 2.05) is 72.8 Å². The largest absolute Gasteiger partial charge is 0.508 e. The van der Waals surface area contributed by atoms with Gasteiger partial charge >= 0.3 is 0 Å². The van der Waals surface area contributed by atoms with Gasteiger partial charge in [0.05, 0.1) is 0 Å². The standard InChI is InChI=1S/C24H24N6O/c31-21-13-11-18(12-14-21)15-16-25-22-28-23(26-17-19-7-3-1-4-8-19)30-24(29-22)27-20-9-5-2-6-10-20/h1-14,31H,15-17H2,(H3,25,26,27,28,29,30). The molecule has 4 N–H and O–H groups in total. The summed E-state index contributed by atoms with van der Waals surface area (Å²) in [6.07, 6.45) is 0.778. The maximum atomic E-state index is 9.42. The van der Waals surface area contributed by atoms with Crippen LogP contribution in [0.25, 0.3) is 0 Å². The Bertz CT molecular complexity index is 1090. The molecule has 3 aromatic carbocycles. The van der Waals surface area contributed by atoms with E-state index in [0.717, 1.165) is 23.2 Å². The highest BCUT2D eigenvalue weighted by Gasteiger charge is 2.07. The molecular weight excluding hydrogens is 388 g/mol. The van der Waals surface area contributed by atoms with E-state index in [1.165, 1.54) is 0 Å². The van der Waals surface area contributed by atoms with Crippen LogP contribution < -0.4 is 16.0 Å². The van der Waals surface area contributed by atoms with E-state index in [2.05, 4.69) is 30.9 Å². The number of nitrogens with zero attached hydrogens (tertiary/aromatic N) is 3. The van der Waals surface area contributed by atoms with Crippen LogP contribution in [0.1, 0.15) is 11.1 Å². The number of nitrogens with one attached hydrogen (secondary N) is 3. The van der Waals surface area contributed by atoms with Crippen molar-refractivity contribution in [2.45, 2.75) is 13.0 Å². The fourth-order valence-corrected chi connectivity index (χ4v) is 3.00. The van der Waals surface area contributed by atoms with Crippen LogP contribution >= 0.6 is 0 Å². The van der Waals surface area contributed by atoms with E-state index >= 15 is 0 Å². The van der Waals surface area contributed by atoms with Gasteiger partial charge in [0.15, 0.2) is 0 Å². The number of rotatable bonds is 9. The van der Waals surface area contributed by atoms with Crippen LogP contribution in [0, 0.1) is 0 Å². The van der Waals surface area contributed by atoms with Crippen molar-refractivity contribution in [3.63, 3.8) is 0 Å². The van der Waals surface area contributed by atoms with Crippen LogP contribution in [0.2, 0.25) is 0 Å². The lowest BCUT2D eigenvalue weighted by Gasteiger charge is -2.11. The molecule has 4 aromatic rings. The summed E-state index contributed by atoms with van der Waals surface area (Å²) >= 11 is 0. The average molecular weight is 412 g/mol. The van der Waals surface area contributed by atoms with E-state index in [9.17, 15) is 5.11 Å². The molecule has 0 fully saturated rings. The van der Waals surface area contributed by atoms with Gasteiger partial charge in [-0.1, -0.05) is 60.7 Å². The molecule has 156 valence electrons. The lowest BCUT2D eigenvalue weighted by atomic mass is 10.1. The number of para-hydroxylation sites is 1. The summed E-state index contributed by atoms with van der Waals surface area (Å²) in [6.45, 7) is 1.26. The molecule has 0 amide bonds. The van der Waals surface area contributed by atoms with Gasteiger partial charge in [0, 0.05) is 18.8 Å². The predicted molar refractivity (Wildman–Crippen MR) is 124 cm³/mol. The maximum Gasteiger partial charge on any atom is 0.233 e. The third kappa shape index (κ3) is 6.17. The zero-order valence-corrected chi connectivity index (χ0v) is 17.0. The molecule has 7 heteroatoms. The van der Waals surface area contributed by atoms with Gasteiger partial charge in [-0.3, -0.25) is 0 Å². The second-order valence-corrected chi connectivity index (χ2v) is 6.98. The first kappa shape index (κ1) is 20.2. The zero-order valence-electron chi connectivity index (χ0n) is 17.0. The Labute approximate surface area is 181 Å². The minimum absolute atomic E-state index is 0.264. The molecule has 4 rings (SSSR count). The monoisotopic (exact) mass is 412 g/mol. The highest BCUT2D eigenvalue weighted by molar-refractivity contribution is 5.55. The van der Waals surface area contributed by atoms with Crippen molar-refractivity contribution in [2.24, 2.45) is 0 Å². The number of phenolic OH excluding ortho intramolecular Hbond substituents is 1. The van der Waals surface area contributed by atoms with Gasteiger partial charge < -0.3 is 21.1 Å². The number of phenols is 1. The quantitative estimate of drug-likeness (QED) is 0.319. The number of benzene rings is 3. The summed E-state index contributed by atoms with van der Waals surface area (Å²) < 4.78 is 0. The molecular formula is C24H24N6O. The van der Waals surface area contributed by atoms with Crippen molar-refractivity contribution in [1.82, 2.24) is 15.0 Å². The third-order valence-corrected chi connectivity index (χ3v) is 4.59. The number of hydrogen-bond donors (Lipinski definition) is 4. The molecule has 0 bridgehead atoms. The SMILES string of the molecule is Oc1ccc(CCNc2nc(NCc3ccccc3)nc(Nc3ccccc3)n2)cc1. The second-order valence-electron chi connectivity index (χ2n) is 6.98. The van der Waals surface area contributed by atoms with Crippen LogP contribution in [0.15, 0.2) is 84.9 Å². The number of anilines is 4. The van der Waals surface area contributed by atoms with E-state index in [1.54, 1.807) is 12.1 Å². The highest BCUT2D eigenvalue weighted by atomic mass is 16.3. The van der Waals surface area contributed by atoms with Crippen LogP contribution in [-0.4, -0.2) is 26.6 Å². The second kappa shape index (κ2) is 10.1. The molecule has 1 heterocycles. The van der Waals surface area contributed by atoms with Crippen molar-refractivity contribution in [3.05, 3.63) is 96.1 Å². The Balaban J connectivity index is 1.46. The Morgan fingerprint density at radius 1 is 0.613 bits per heavy atom. The molecule has 0 saturated carbocycles. The lowest BCUT2D eigenvalue weighted by molar-refractivity contribution is 0.475. The van der Waals surface area contributed by atoms with Gasteiger partial charge in [-0.15, -0.1) is 0 Å². The van der Waals surface area contributed by atoms with E-state index < -0.39 is 0 Å². The number of hydrogen-bond acceptors (Lipinski definition) is 7. The molecule has 0 atom stereocenters. The summed E-state index contributed by atoms with van der Waals surface area (Å²) in [5.41, 5.74) is 3.16. The van der Waals surface area contributed by atoms with E-state index in [4.69, 9.17) is 0 Å². The van der Waals surface area contributed by atoms with Crippen molar-refractivity contribution >= 4 is 23.5 Å². The third-order valence-electron chi connectivity index (χ3n) is 4.59. The molecule has 31 heavy (non-hydrogen) atoms. The first-order chi connectivity index (χ1) is 15.2. The molecule has 0 aliphatic carbocycles. The molecule has 0 aliphatic rings. The summed E-state index contributed by atoms with van der Waals surface area (Å²) in [4.78, 5) is 13.5. The molecule has 0 spiro atoms. The minimum atomic E-state index is 0.264. The fraction of sp³-hybridized carbons (Fsp3) is 0.125. The summed E-state index contributed by atoms with van der Waals surface area (Å²) in [7, 11) is 0. The summed E-state index contributed by atoms with van der Waals surface area (Å²) in [6, 6.07) is 27.1. The molecule has 0 unspecified atom stereocenters. The van der Waals surface area contributed by atoms with Crippen LogP contribution in [0.5, 0.6) is 5.75 Å². The number of aromatic hydroxyl groups is 1. The molecule has 1 aromatic heterocycles. The van der Waals surface area contributed by atoms with E-state index in [0.29, 0.717) is 30.9 Å². The Morgan fingerprint density at radius 3 is 1.94 bits per heavy atom. The van der Waals surface area contributed by atoms with Crippen molar-refractivity contribution in [2.75, 3.05) is 22.5 Å². The molecule has 0 aliphatic heterocycles. The molecule has 0 saturated heterocycles. The van der Waals surface area contributed by atoms with Crippen LogP contribution in [0.3, 0.4) is 0 Å². The Kier molecular flexibility index (Phi) is 6.54. The van der Waals surface area contributed by atoms with Gasteiger partial charge in [-0.05, 0) is 41.8 Å². The van der Waals surface area contributed by atoms with Crippen LogP contribution in [0.4, 0.5) is 23.5 Å². The Hall–Kier alpha value is -4.13.